The fraction of sp³-hybridized carbons (Fsp3) is 0.462. The number of esters is 1. The molecule has 3 heterocycles. The molecule has 2 fully saturated rings. The van der Waals surface area contributed by atoms with Gasteiger partial charge in [0.25, 0.3) is 5.91 Å². The van der Waals surface area contributed by atoms with Crippen LogP contribution in [0.5, 0.6) is 0 Å². The van der Waals surface area contributed by atoms with Gasteiger partial charge in [-0.1, -0.05) is 13.3 Å². The summed E-state index contributed by atoms with van der Waals surface area (Å²) in [6, 6.07) is 9.92. The van der Waals surface area contributed by atoms with Crippen LogP contribution in [0.25, 0.3) is 0 Å². The summed E-state index contributed by atoms with van der Waals surface area (Å²) in [6.45, 7) is 7.00. The second-order valence-corrected chi connectivity index (χ2v) is 9.12. The minimum absolute atomic E-state index is 0.0665. The van der Waals surface area contributed by atoms with E-state index in [4.69, 9.17) is 19.3 Å². The lowest BCUT2D eigenvalue weighted by atomic mass is 10.1. The van der Waals surface area contributed by atoms with Crippen molar-refractivity contribution in [1.82, 2.24) is 15.1 Å². The third kappa shape index (κ3) is 7.17. The van der Waals surface area contributed by atoms with Crippen molar-refractivity contribution in [2.24, 2.45) is 0 Å². The zero-order valence-corrected chi connectivity index (χ0v) is 21.0. The number of carbonyl (C=O) groups excluding carboxylic acids is 3. The first-order valence-corrected chi connectivity index (χ1v) is 12.5. The molecule has 0 spiro atoms. The first kappa shape index (κ1) is 26.4. The molecule has 2 aliphatic heterocycles. The normalized spacial score (nSPS) is 18.5. The van der Waals surface area contributed by atoms with Crippen LogP contribution < -0.4 is 10.2 Å². The predicted molar refractivity (Wildman–Crippen MR) is 136 cm³/mol. The number of rotatable bonds is 10. The van der Waals surface area contributed by atoms with Gasteiger partial charge in [-0.05, 0) is 42.8 Å². The molecule has 1 atom stereocenters. The number of hydrogen-bond donors (Lipinski definition) is 2. The number of cyclic esters (lactones) is 1. The summed E-state index contributed by atoms with van der Waals surface area (Å²) < 4.78 is 15.9. The lowest BCUT2D eigenvalue weighted by Gasteiger charge is -2.34. The number of furan rings is 1. The van der Waals surface area contributed by atoms with Gasteiger partial charge in [0.15, 0.2) is 5.76 Å². The van der Waals surface area contributed by atoms with E-state index in [9.17, 15) is 14.4 Å². The molecule has 1 unspecified atom stereocenters. The Bertz CT molecular complexity index is 1080. The predicted octanol–water partition coefficient (Wildman–Crippen LogP) is 2.32. The van der Waals surface area contributed by atoms with Gasteiger partial charge in [0.1, 0.15) is 11.9 Å². The van der Waals surface area contributed by atoms with Gasteiger partial charge in [-0.25, -0.2) is 4.79 Å². The van der Waals surface area contributed by atoms with Crippen molar-refractivity contribution in [3.8, 4) is 0 Å². The minimum Gasteiger partial charge on any atom is -0.465 e. The van der Waals surface area contributed by atoms with Gasteiger partial charge in [-0.15, -0.1) is 0 Å². The molecule has 1 aromatic carbocycles. The van der Waals surface area contributed by atoms with Crippen molar-refractivity contribution in [2.75, 3.05) is 57.3 Å². The van der Waals surface area contributed by atoms with Gasteiger partial charge in [0.05, 0.1) is 26.0 Å². The van der Waals surface area contributed by atoms with Crippen molar-refractivity contribution in [3.63, 3.8) is 0 Å². The highest BCUT2D eigenvalue weighted by atomic mass is 16.6. The van der Waals surface area contributed by atoms with Crippen LogP contribution in [-0.2, 0) is 14.3 Å². The van der Waals surface area contributed by atoms with Gasteiger partial charge in [-0.2, -0.15) is 0 Å². The SMILES string of the molecule is CCCCOC(=O)CN1CCN(CC2CN(c3ccc(C(=N)NC(=O)c4ccco4)cc3)C(=O)O2)CC1. The first-order chi connectivity index (χ1) is 17.9. The van der Waals surface area contributed by atoms with Crippen LogP contribution in [0.4, 0.5) is 10.5 Å². The van der Waals surface area contributed by atoms with Gasteiger partial charge >= 0.3 is 12.1 Å². The Hall–Kier alpha value is -3.70. The zero-order valence-electron chi connectivity index (χ0n) is 21.0. The van der Waals surface area contributed by atoms with Crippen molar-refractivity contribution in [2.45, 2.75) is 25.9 Å². The first-order valence-electron chi connectivity index (χ1n) is 12.5. The number of amides is 2. The molecule has 11 nitrogen and oxygen atoms in total. The largest absolute Gasteiger partial charge is 0.465 e. The maximum absolute atomic E-state index is 12.5. The number of unbranched alkanes of at least 4 members (excludes halogenated alkanes) is 1. The number of benzene rings is 1. The molecule has 37 heavy (non-hydrogen) atoms. The molecule has 4 rings (SSSR count). The van der Waals surface area contributed by atoms with Crippen molar-refractivity contribution < 1.29 is 28.3 Å². The average Bonchev–Trinajstić information content (AvgIpc) is 3.56. The Balaban J connectivity index is 1.22. The number of carbonyl (C=O) groups is 3. The van der Waals surface area contributed by atoms with E-state index >= 15 is 0 Å². The van der Waals surface area contributed by atoms with Gasteiger partial charge < -0.3 is 19.2 Å². The topological polar surface area (TPSA) is 128 Å². The number of piperazine rings is 1. The standard InChI is InChI=1S/C26H33N5O6/c1-2-3-14-36-23(32)18-30-12-10-29(11-13-30)16-21-17-31(26(34)37-21)20-8-6-19(7-9-20)24(27)28-25(33)22-5-4-15-35-22/h4-9,15,21H,2-3,10-14,16-18H2,1H3,(H2,27,28,33). The minimum atomic E-state index is -0.502. The van der Waals surface area contributed by atoms with Gasteiger partial charge in [0, 0.05) is 44.0 Å². The molecular weight excluding hydrogens is 478 g/mol. The number of anilines is 1. The summed E-state index contributed by atoms with van der Waals surface area (Å²) in [5, 5.41) is 10.6. The van der Waals surface area contributed by atoms with E-state index in [1.165, 1.54) is 12.3 Å². The highest BCUT2D eigenvalue weighted by Crippen LogP contribution is 2.23. The maximum Gasteiger partial charge on any atom is 0.414 e. The number of nitrogens with zero attached hydrogens (tertiary/aromatic N) is 3. The van der Waals surface area contributed by atoms with E-state index in [1.54, 1.807) is 35.2 Å². The Morgan fingerprint density at radius 1 is 1.11 bits per heavy atom. The number of ether oxygens (including phenoxy) is 2. The summed E-state index contributed by atoms with van der Waals surface area (Å²) in [7, 11) is 0. The molecule has 11 heteroatoms. The maximum atomic E-state index is 12.5. The van der Waals surface area contributed by atoms with Crippen LogP contribution in [0.3, 0.4) is 0 Å². The summed E-state index contributed by atoms with van der Waals surface area (Å²) in [5.74, 6) is -0.622. The van der Waals surface area contributed by atoms with Crippen molar-refractivity contribution >= 4 is 29.5 Å². The van der Waals surface area contributed by atoms with Crippen LogP contribution in [0.1, 0.15) is 35.9 Å². The van der Waals surface area contributed by atoms with E-state index in [2.05, 4.69) is 22.0 Å². The van der Waals surface area contributed by atoms with Crippen molar-refractivity contribution in [3.05, 3.63) is 54.0 Å². The molecule has 2 aromatic rings. The zero-order chi connectivity index (χ0) is 26.2. The van der Waals surface area contributed by atoms with Crippen LogP contribution in [0.2, 0.25) is 0 Å². The Labute approximate surface area is 215 Å². The second kappa shape index (κ2) is 12.5. The Morgan fingerprint density at radius 3 is 2.51 bits per heavy atom. The van der Waals surface area contributed by atoms with Crippen LogP contribution >= 0.6 is 0 Å². The third-order valence-electron chi connectivity index (χ3n) is 6.37. The molecule has 198 valence electrons. The fourth-order valence-electron chi connectivity index (χ4n) is 4.27. The van der Waals surface area contributed by atoms with Gasteiger partial charge in [-0.3, -0.25) is 29.7 Å². The fourth-order valence-corrected chi connectivity index (χ4v) is 4.27. The Morgan fingerprint density at radius 2 is 1.84 bits per heavy atom. The summed E-state index contributed by atoms with van der Waals surface area (Å²) in [6.07, 6.45) is 2.60. The molecule has 2 N–H and O–H groups in total. The van der Waals surface area contributed by atoms with Crippen molar-refractivity contribution in [1.29, 1.82) is 5.41 Å². The quantitative estimate of drug-likeness (QED) is 0.215. The molecule has 2 saturated heterocycles. The summed E-state index contributed by atoms with van der Waals surface area (Å²) in [5.41, 5.74) is 1.16. The summed E-state index contributed by atoms with van der Waals surface area (Å²) >= 11 is 0. The molecule has 2 aliphatic rings. The van der Waals surface area contributed by atoms with Crippen LogP contribution in [0, 0.1) is 5.41 Å². The molecule has 0 radical (unpaired) electrons. The van der Waals surface area contributed by atoms with E-state index in [0.717, 1.165) is 39.0 Å². The van der Waals surface area contributed by atoms with Crippen LogP contribution in [0.15, 0.2) is 47.1 Å². The van der Waals surface area contributed by atoms with E-state index in [1.807, 2.05) is 0 Å². The molecule has 0 bridgehead atoms. The number of amidine groups is 1. The van der Waals surface area contributed by atoms with Gasteiger partial charge in [0.2, 0.25) is 0 Å². The monoisotopic (exact) mass is 511 g/mol. The van der Waals surface area contributed by atoms with E-state index in [-0.39, 0.29) is 23.7 Å². The Kier molecular flexibility index (Phi) is 8.91. The highest BCUT2D eigenvalue weighted by molar-refractivity contribution is 6.10. The average molecular weight is 512 g/mol. The van der Waals surface area contributed by atoms with E-state index in [0.29, 0.717) is 37.5 Å². The molecular formula is C26H33N5O6. The smallest absolute Gasteiger partial charge is 0.414 e. The summed E-state index contributed by atoms with van der Waals surface area (Å²) in [4.78, 5) is 42.4. The lowest BCUT2D eigenvalue weighted by Crippen LogP contribution is -2.50. The number of hydrogen-bond acceptors (Lipinski definition) is 9. The number of nitrogens with one attached hydrogen (secondary N) is 2. The molecule has 0 aliphatic carbocycles. The molecule has 0 saturated carbocycles. The molecule has 2 amide bonds. The molecule has 1 aromatic heterocycles. The third-order valence-corrected chi connectivity index (χ3v) is 6.37. The van der Waals surface area contributed by atoms with E-state index < -0.39 is 12.0 Å². The van der Waals surface area contributed by atoms with Crippen LogP contribution in [-0.4, -0.2) is 92.1 Å². The highest BCUT2D eigenvalue weighted by Gasteiger charge is 2.34. The lowest BCUT2D eigenvalue weighted by molar-refractivity contribution is -0.145. The second-order valence-electron chi connectivity index (χ2n) is 9.12.